The van der Waals surface area contributed by atoms with Crippen LogP contribution in [0.3, 0.4) is 0 Å². The minimum Gasteiger partial charge on any atom is -0.469 e. The molecule has 0 saturated heterocycles. The predicted molar refractivity (Wildman–Crippen MR) is 176 cm³/mol. The molecule has 5 rings (SSSR count). The van der Waals surface area contributed by atoms with Crippen molar-refractivity contribution >= 4 is 11.9 Å². The summed E-state index contributed by atoms with van der Waals surface area (Å²) in [5.41, 5.74) is 5.87. The number of esters is 2. The van der Waals surface area contributed by atoms with Crippen molar-refractivity contribution in [1.29, 1.82) is 0 Å². The van der Waals surface area contributed by atoms with Crippen LogP contribution in [0.25, 0.3) is 11.3 Å². The van der Waals surface area contributed by atoms with Crippen molar-refractivity contribution in [2.24, 2.45) is 11.8 Å². The molecule has 246 valence electrons. The molecular formula is C37H42N4O6. The number of rotatable bonds is 11. The molecule has 0 spiro atoms. The Morgan fingerprint density at radius 1 is 1.09 bits per heavy atom. The number of carbonyl (C=O) groups is 2. The number of allylic oxidation sites excluding steroid dienone is 5. The van der Waals surface area contributed by atoms with Crippen LogP contribution in [-0.2, 0) is 25.6 Å². The number of carbonyl (C=O) groups excluding carboxylic acids is 2. The van der Waals surface area contributed by atoms with Crippen LogP contribution in [0.4, 0.5) is 0 Å². The summed E-state index contributed by atoms with van der Waals surface area (Å²) in [6.45, 7) is 2.15. The van der Waals surface area contributed by atoms with E-state index in [0.29, 0.717) is 42.8 Å². The van der Waals surface area contributed by atoms with Crippen LogP contribution in [0, 0.1) is 23.7 Å². The molecule has 3 heterocycles. The van der Waals surface area contributed by atoms with Gasteiger partial charge in [0.15, 0.2) is 5.76 Å². The highest BCUT2D eigenvalue weighted by atomic mass is 16.5. The van der Waals surface area contributed by atoms with Crippen molar-refractivity contribution in [3.8, 4) is 23.2 Å². The van der Waals surface area contributed by atoms with Crippen LogP contribution in [0.2, 0.25) is 0 Å². The topological polar surface area (TPSA) is 129 Å². The zero-order chi connectivity index (χ0) is 33.2. The first-order valence-electron chi connectivity index (χ1n) is 16.1. The quantitative estimate of drug-likeness (QED) is 0.192. The molecule has 2 aliphatic rings. The Kier molecular flexibility index (Phi) is 11.5. The molecule has 1 aromatic carbocycles. The maximum Gasteiger partial charge on any atom is 0.305 e. The molecule has 0 radical (unpaired) electrons. The molecule has 1 fully saturated rings. The number of hydrogen-bond donors (Lipinski definition) is 2. The lowest BCUT2D eigenvalue weighted by atomic mass is 9.75. The SMILES string of the molecule is COC(=O)CCC1=C(CCC(=O)OC)C(C2CCC(C#Cc3ccc(-c4cc(Cn5ccnc5[C@@H](C)O)no4)cc3)CC2)=CC=CN1. The highest BCUT2D eigenvalue weighted by molar-refractivity contribution is 5.70. The zero-order valence-electron chi connectivity index (χ0n) is 27.2. The Balaban J connectivity index is 1.20. The molecule has 10 heteroatoms. The van der Waals surface area contributed by atoms with E-state index in [-0.39, 0.29) is 24.8 Å². The molecule has 47 heavy (non-hydrogen) atoms. The number of hydrogen-bond acceptors (Lipinski definition) is 9. The van der Waals surface area contributed by atoms with Gasteiger partial charge in [0.2, 0.25) is 0 Å². The Morgan fingerprint density at radius 2 is 1.81 bits per heavy atom. The molecule has 1 aliphatic carbocycles. The lowest BCUT2D eigenvalue weighted by molar-refractivity contribution is -0.141. The van der Waals surface area contributed by atoms with Crippen LogP contribution in [0.1, 0.15) is 81.5 Å². The van der Waals surface area contributed by atoms with E-state index in [1.54, 1.807) is 13.1 Å². The molecule has 3 aromatic rings. The summed E-state index contributed by atoms with van der Waals surface area (Å²) in [6, 6.07) is 9.88. The summed E-state index contributed by atoms with van der Waals surface area (Å²) < 4.78 is 17.2. The van der Waals surface area contributed by atoms with Crippen LogP contribution < -0.4 is 5.32 Å². The molecule has 1 atom stereocenters. The van der Waals surface area contributed by atoms with Gasteiger partial charge in [-0.2, -0.15) is 0 Å². The third-order valence-electron chi connectivity index (χ3n) is 8.73. The minimum absolute atomic E-state index is 0.253. The number of aliphatic hydroxyl groups is 1. The number of nitrogens with one attached hydrogen (secondary N) is 1. The fraction of sp³-hybridized carbons (Fsp3) is 0.405. The van der Waals surface area contributed by atoms with E-state index < -0.39 is 6.10 Å². The summed E-state index contributed by atoms with van der Waals surface area (Å²) in [5, 5.41) is 17.4. The molecular weight excluding hydrogens is 596 g/mol. The predicted octanol–water partition coefficient (Wildman–Crippen LogP) is 6.00. The third-order valence-corrected chi connectivity index (χ3v) is 8.73. The van der Waals surface area contributed by atoms with Crippen molar-refractivity contribution < 1.29 is 28.7 Å². The third kappa shape index (κ3) is 8.89. The highest BCUT2D eigenvalue weighted by Gasteiger charge is 2.27. The highest BCUT2D eigenvalue weighted by Crippen LogP contribution is 2.39. The Hall–Kier alpha value is -4.88. The van der Waals surface area contributed by atoms with Gasteiger partial charge in [0.05, 0.1) is 27.2 Å². The van der Waals surface area contributed by atoms with E-state index in [4.69, 9.17) is 14.0 Å². The molecule has 2 N–H and O–H groups in total. The monoisotopic (exact) mass is 638 g/mol. The summed E-state index contributed by atoms with van der Waals surface area (Å²) in [5.74, 6) is 8.25. The van der Waals surface area contributed by atoms with Gasteiger partial charge < -0.3 is 29.0 Å². The molecule has 1 saturated carbocycles. The van der Waals surface area contributed by atoms with Gasteiger partial charge >= 0.3 is 11.9 Å². The van der Waals surface area contributed by atoms with E-state index in [9.17, 15) is 14.7 Å². The van der Waals surface area contributed by atoms with Crippen molar-refractivity contribution in [1.82, 2.24) is 20.0 Å². The van der Waals surface area contributed by atoms with E-state index in [2.05, 4.69) is 33.4 Å². The van der Waals surface area contributed by atoms with Crippen LogP contribution in [0.5, 0.6) is 0 Å². The summed E-state index contributed by atoms with van der Waals surface area (Å²) >= 11 is 0. The average molecular weight is 639 g/mol. The minimum atomic E-state index is -0.665. The van der Waals surface area contributed by atoms with Gasteiger partial charge in [-0.05, 0) is 92.9 Å². The standard InChI is InChI=1S/C37H42N4O6/c1-25(42)37-39-21-22-41(37)24-30-23-34(47-40-30)29-14-10-27(11-15-29)7-6-26-8-12-28(13-9-26)31-5-4-20-38-33(17-19-36(44)46-3)32(31)16-18-35(43)45-2/h4-5,10-11,14-15,20-23,25-26,28,38,42H,8-9,12-13,16-19,24H2,1-3H3/t25-,26?,28?/m1/s1. The van der Waals surface area contributed by atoms with E-state index in [1.807, 2.05) is 53.4 Å². The van der Waals surface area contributed by atoms with Gasteiger partial charge in [-0.25, -0.2) is 4.98 Å². The Labute approximate surface area is 275 Å². The average Bonchev–Trinajstić information content (AvgIpc) is 3.72. The molecule has 1 aliphatic heterocycles. The summed E-state index contributed by atoms with van der Waals surface area (Å²) in [7, 11) is 2.80. The number of benzene rings is 1. The maximum atomic E-state index is 12.0. The Bertz CT molecular complexity index is 1690. The number of ether oxygens (including phenoxy) is 2. The first-order valence-corrected chi connectivity index (χ1v) is 16.1. The lowest BCUT2D eigenvalue weighted by Crippen LogP contribution is -2.19. The van der Waals surface area contributed by atoms with Gasteiger partial charge in [-0.3, -0.25) is 9.59 Å². The molecule has 0 amide bonds. The number of aliphatic hydroxyl groups excluding tert-OH is 1. The van der Waals surface area contributed by atoms with Crippen molar-refractivity contribution in [2.75, 3.05) is 14.2 Å². The van der Waals surface area contributed by atoms with Crippen molar-refractivity contribution in [3.63, 3.8) is 0 Å². The maximum absolute atomic E-state index is 12.0. The largest absolute Gasteiger partial charge is 0.469 e. The molecule has 0 unspecified atom stereocenters. The smallest absolute Gasteiger partial charge is 0.305 e. The first-order chi connectivity index (χ1) is 22.8. The summed E-state index contributed by atoms with van der Waals surface area (Å²) in [6.07, 6.45) is 14.4. The number of nitrogens with zero attached hydrogens (tertiary/aromatic N) is 3. The summed E-state index contributed by atoms with van der Waals surface area (Å²) in [4.78, 5) is 28.1. The second-order valence-corrected chi connectivity index (χ2v) is 11.9. The van der Waals surface area contributed by atoms with Gasteiger partial charge in [-0.15, -0.1) is 0 Å². The van der Waals surface area contributed by atoms with Crippen molar-refractivity contribution in [2.45, 2.75) is 70.9 Å². The normalized spacial score (nSPS) is 18.3. The van der Waals surface area contributed by atoms with E-state index >= 15 is 0 Å². The van der Waals surface area contributed by atoms with Crippen LogP contribution in [-0.4, -0.2) is 46.0 Å². The molecule has 2 aromatic heterocycles. The fourth-order valence-corrected chi connectivity index (χ4v) is 6.19. The fourth-order valence-electron chi connectivity index (χ4n) is 6.19. The second kappa shape index (κ2) is 16.1. The molecule has 0 bridgehead atoms. The van der Waals surface area contributed by atoms with E-state index in [1.165, 1.54) is 19.8 Å². The number of methoxy groups -OCH3 is 2. The van der Waals surface area contributed by atoms with Crippen LogP contribution >= 0.6 is 0 Å². The lowest BCUT2D eigenvalue weighted by Gasteiger charge is -2.30. The van der Waals surface area contributed by atoms with Gasteiger partial charge in [0.1, 0.15) is 17.6 Å². The molecule has 10 nitrogen and oxygen atoms in total. The van der Waals surface area contributed by atoms with Crippen LogP contribution in [0.15, 0.2) is 82.4 Å². The van der Waals surface area contributed by atoms with Crippen molar-refractivity contribution in [3.05, 3.63) is 95.0 Å². The Morgan fingerprint density at radius 3 is 2.51 bits per heavy atom. The zero-order valence-corrected chi connectivity index (χ0v) is 27.2. The van der Waals surface area contributed by atoms with Gasteiger partial charge in [-0.1, -0.05) is 23.1 Å². The first kappa shape index (κ1) is 33.5. The second-order valence-electron chi connectivity index (χ2n) is 11.9. The van der Waals surface area contributed by atoms with E-state index in [0.717, 1.165) is 53.8 Å². The number of aromatic nitrogens is 3. The van der Waals surface area contributed by atoms with Gasteiger partial charge in [0, 0.05) is 53.8 Å². The van der Waals surface area contributed by atoms with Gasteiger partial charge in [0.25, 0.3) is 0 Å². The number of imidazole rings is 1.